The molecular formula is C33H37FO4. The Bertz CT molecular complexity index is 1280. The van der Waals surface area contributed by atoms with Crippen molar-refractivity contribution in [2.24, 2.45) is 11.8 Å². The van der Waals surface area contributed by atoms with E-state index in [1.807, 2.05) is 36.4 Å². The number of rotatable bonds is 11. The number of carboxylic acids is 1. The molecule has 0 amide bonds. The summed E-state index contributed by atoms with van der Waals surface area (Å²) in [7, 11) is 1.60. The van der Waals surface area contributed by atoms with Gasteiger partial charge in [0.2, 0.25) is 0 Å². The number of carbonyl (C=O) groups is 1. The molecule has 0 radical (unpaired) electrons. The fourth-order valence-electron chi connectivity index (χ4n) is 6.03. The van der Waals surface area contributed by atoms with E-state index in [2.05, 4.69) is 13.0 Å². The molecule has 3 aromatic carbocycles. The van der Waals surface area contributed by atoms with Crippen molar-refractivity contribution in [2.45, 2.75) is 70.3 Å². The molecule has 2 fully saturated rings. The Hall–Kier alpha value is -3.34. The molecule has 200 valence electrons. The molecule has 2 aliphatic rings. The zero-order valence-corrected chi connectivity index (χ0v) is 22.3. The van der Waals surface area contributed by atoms with Gasteiger partial charge < -0.3 is 14.6 Å². The van der Waals surface area contributed by atoms with Crippen molar-refractivity contribution in [1.82, 2.24) is 0 Å². The fraction of sp³-hybridized carbons (Fsp3) is 0.424. The zero-order chi connectivity index (χ0) is 26.6. The van der Waals surface area contributed by atoms with Gasteiger partial charge in [-0.25, -0.2) is 4.39 Å². The third kappa shape index (κ3) is 6.20. The van der Waals surface area contributed by atoms with E-state index in [9.17, 15) is 14.3 Å². The molecule has 1 N–H and O–H groups in total. The molecule has 5 heteroatoms. The minimum Gasteiger partial charge on any atom is -0.497 e. The average molecular weight is 517 g/mol. The Labute approximate surface area is 224 Å². The second-order valence-electron chi connectivity index (χ2n) is 11.1. The van der Waals surface area contributed by atoms with Gasteiger partial charge in [0.25, 0.3) is 0 Å². The van der Waals surface area contributed by atoms with Crippen LogP contribution < -0.4 is 9.47 Å². The van der Waals surface area contributed by atoms with Gasteiger partial charge in [0.05, 0.1) is 13.5 Å². The van der Waals surface area contributed by atoms with Gasteiger partial charge in [-0.3, -0.25) is 4.79 Å². The monoisotopic (exact) mass is 516 g/mol. The second kappa shape index (κ2) is 11.6. The third-order valence-electron chi connectivity index (χ3n) is 8.31. The third-order valence-corrected chi connectivity index (χ3v) is 8.31. The maximum absolute atomic E-state index is 15.0. The van der Waals surface area contributed by atoms with Gasteiger partial charge in [-0.2, -0.15) is 0 Å². The van der Waals surface area contributed by atoms with Gasteiger partial charge >= 0.3 is 5.97 Å². The van der Waals surface area contributed by atoms with Gasteiger partial charge in [-0.15, -0.1) is 0 Å². The van der Waals surface area contributed by atoms with Crippen LogP contribution in [0.1, 0.15) is 80.4 Å². The van der Waals surface area contributed by atoms with Crippen LogP contribution in [-0.4, -0.2) is 18.2 Å². The molecule has 2 aliphatic carbocycles. The highest BCUT2D eigenvalue weighted by Crippen LogP contribution is 2.44. The number of carboxylic acid groups (broad SMARTS) is 1. The minimum absolute atomic E-state index is 0.0102. The van der Waals surface area contributed by atoms with Gasteiger partial charge in [0.1, 0.15) is 23.9 Å². The Kier molecular flexibility index (Phi) is 8.01. The number of hydrogen-bond acceptors (Lipinski definition) is 3. The largest absolute Gasteiger partial charge is 0.497 e. The summed E-state index contributed by atoms with van der Waals surface area (Å²) in [6, 6.07) is 19.0. The van der Waals surface area contributed by atoms with Crippen molar-refractivity contribution in [3.05, 3.63) is 83.2 Å². The molecule has 5 rings (SSSR count). The summed E-state index contributed by atoms with van der Waals surface area (Å²) >= 11 is 0. The standard InChI is InChI=1S/C33H37FO4/c1-21-5-3-8-28(21)30-16-23(11-13-29(30)31-19-26(37-2)12-14-32(31)34)20-38-27-7-4-6-24(17-27)25(18-33(35)36)15-22-9-10-22/h4,6-7,11-14,16-17,19,21-22,25,28H,3,5,8-10,15,18,20H2,1-2H3,(H,35,36)/t21-,25+,28-/m1/s1. The van der Waals surface area contributed by atoms with Crippen LogP contribution in [-0.2, 0) is 11.4 Å². The predicted molar refractivity (Wildman–Crippen MR) is 147 cm³/mol. The maximum Gasteiger partial charge on any atom is 0.303 e. The Morgan fingerprint density at radius 3 is 2.55 bits per heavy atom. The quantitative estimate of drug-likeness (QED) is 0.278. The van der Waals surface area contributed by atoms with Crippen LogP contribution in [0.2, 0.25) is 0 Å². The fourth-order valence-corrected chi connectivity index (χ4v) is 6.03. The van der Waals surface area contributed by atoms with Gasteiger partial charge in [0, 0.05) is 5.56 Å². The van der Waals surface area contributed by atoms with Crippen LogP contribution >= 0.6 is 0 Å². The number of ether oxygens (including phenoxy) is 2. The van der Waals surface area contributed by atoms with E-state index in [-0.39, 0.29) is 18.2 Å². The van der Waals surface area contributed by atoms with E-state index in [1.165, 1.54) is 37.3 Å². The Balaban J connectivity index is 1.39. The maximum atomic E-state index is 15.0. The van der Waals surface area contributed by atoms with Crippen molar-refractivity contribution in [1.29, 1.82) is 0 Å². The van der Waals surface area contributed by atoms with Gasteiger partial charge in [0.15, 0.2) is 0 Å². The molecule has 0 heterocycles. The molecule has 3 atom stereocenters. The lowest BCUT2D eigenvalue weighted by Crippen LogP contribution is -2.08. The van der Waals surface area contributed by atoms with E-state index in [0.29, 0.717) is 35.7 Å². The van der Waals surface area contributed by atoms with Crippen molar-refractivity contribution in [3.63, 3.8) is 0 Å². The first-order valence-corrected chi connectivity index (χ1v) is 13.8. The van der Waals surface area contributed by atoms with E-state index in [4.69, 9.17) is 9.47 Å². The van der Waals surface area contributed by atoms with Crippen LogP contribution in [0.25, 0.3) is 11.1 Å². The molecule has 0 unspecified atom stereocenters. The van der Waals surface area contributed by atoms with Crippen LogP contribution in [0.15, 0.2) is 60.7 Å². The van der Waals surface area contributed by atoms with Crippen LogP contribution in [0.4, 0.5) is 4.39 Å². The molecule has 2 saturated carbocycles. The predicted octanol–water partition coefficient (Wildman–Crippen LogP) is 8.34. The summed E-state index contributed by atoms with van der Waals surface area (Å²) in [5.41, 5.74) is 4.72. The summed E-state index contributed by atoms with van der Waals surface area (Å²) in [5.74, 6) is 1.94. The van der Waals surface area contributed by atoms with Crippen LogP contribution in [0.3, 0.4) is 0 Å². The van der Waals surface area contributed by atoms with Crippen molar-refractivity contribution >= 4 is 5.97 Å². The Morgan fingerprint density at radius 2 is 1.84 bits per heavy atom. The lowest BCUT2D eigenvalue weighted by Gasteiger charge is -2.22. The van der Waals surface area contributed by atoms with Crippen molar-refractivity contribution < 1.29 is 23.8 Å². The number of methoxy groups -OCH3 is 1. The van der Waals surface area contributed by atoms with Gasteiger partial charge in [-0.1, -0.05) is 62.9 Å². The molecule has 3 aromatic rings. The first-order valence-electron chi connectivity index (χ1n) is 13.8. The highest BCUT2D eigenvalue weighted by Gasteiger charge is 2.29. The smallest absolute Gasteiger partial charge is 0.303 e. The van der Waals surface area contributed by atoms with Crippen LogP contribution in [0, 0.1) is 17.7 Å². The Morgan fingerprint density at radius 1 is 1.00 bits per heavy atom. The molecule has 38 heavy (non-hydrogen) atoms. The molecule has 0 aromatic heterocycles. The summed E-state index contributed by atoms with van der Waals surface area (Å²) in [4.78, 5) is 11.5. The topological polar surface area (TPSA) is 55.8 Å². The van der Waals surface area contributed by atoms with Crippen molar-refractivity contribution in [3.8, 4) is 22.6 Å². The number of aliphatic carboxylic acids is 1. The number of benzene rings is 3. The first-order chi connectivity index (χ1) is 18.4. The SMILES string of the molecule is COc1ccc(F)c(-c2ccc(COc3cccc([C@H](CC(=O)O)CC4CC4)c3)cc2[C@@H]2CCC[C@H]2C)c1. The molecule has 0 bridgehead atoms. The molecule has 0 spiro atoms. The lowest BCUT2D eigenvalue weighted by atomic mass is 9.84. The molecule has 4 nitrogen and oxygen atoms in total. The van der Waals surface area contributed by atoms with Crippen molar-refractivity contribution in [2.75, 3.05) is 7.11 Å². The van der Waals surface area contributed by atoms with E-state index < -0.39 is 5.97 Å². The second-order valence-corrected chi connectivity index (χ2v) is 11.1. The highest BCUT2D eigenvalue weighted by molar-refractivity contribution is 5.71. The summed E-state index contributed by atoms with van der Waals surface area (Å²) in [6.07, 6.45) is 6.91. The number of hydrogen-bond donors (Lipinski definition) is 1. The average Bonchev–Trinajstić information content (AvgIpc) is 3.64. The highest BCUT2D eigenvalue weighted by atomic mass is 19.1. The summed E-state index contributed by atoms with van der Waals surface area (Å²) < 4.78 is 26.6. The summed E-state index contributed by atoms with van der Waals surface area (Å²) in [6.45, 7) is 2.68. The lowest BCUT2D eigenvalue weighted by molar-refractivity contribution is -0.137. The number of halogens is 1. The van der Waals surface area contributed by atoms with E-state index in [0.717, 1.165) is 35.3 Å². The van der Waals surface area contributed by atoms with Crippen LogP contribution in [0.5, 0.6) is 11.5 Å². The minimum atomic E-state index is -0.761. The van der Waals surface area contributed by atoms with E-state index >= 15 is 0 Å². The molecule has 0 saturated heterocycles. The molecule has 0 aliphatic heterocycles. The molecular weight excluding hydrogens is 479 g/mol. The summed E-state index contributed by atoms with van der Waals surface area (Å²) in [5, 5.41) is 9.42. The first kappa shape index (κ1) is 26.3. The van der Waals surface area contributed by atoms with E-state index in [1.54, 1.807) is 19.2 Å². The normalized spacial score (nSPS) is 19.8. The van der Waals surface area contributed by atoms with Gasteiger partial charge in [-0.05, 0) is 89.1 Å². The zero-order valence-electron chi connectivity index (χ0n) is 22.3.